The van der Waals surface area contributed by atoms with Crippen LogP contribution in [0.3, 0.4) is 0 Å². The quantitative estimate of drug-likeness (QED) is 0.495. The Morgan fingerprint density at radius 3 is 2.85 bits per heavy atom. The van der Waals surface area contributed by atoms with Gasteiger partial charge in [0.1, 0.15) is 5.60 Å². The van der Waals surface area contributed by atoms with Gasteiger partial charge in [-0.15, -0.1) is 0 Å². The maximum atomic E-state index is 11.1. The van der Waals surface area contributed by atoms with E-state index < -0.39 is 0 Å². The summed E-state index contributed by atoms with van der Waals surface area (Å²) in [5, 5.41) is 0. The van der Waals surface area contributed by atoms with Gasteiger partial charge >= 0.3 is 5.97 Å². The van der Waals surface area contributed by atoms with E-state index in [0.29, 0.717) is 5.92 Å². The van der Waals surface area contributed by atoms with E-state index in [0.717, 1.165) is 25.7 Å². The van der Waals surface area contributed by atoms with Crippen LogP contribution in [-0.4, -0.2) is 11.6 Å². The molecule has 0 amide bonds. The van der Waals surface area contributed by atoms with E-state index in [4.69, 9.17) is 4.74 Å². The lowest BCUT2D eigenvalue weighted by Gasteiger charge is -2.27. The van der Waals surface area contributed by atoms with Crippen LogP contribution in [0, 0.1) is 5.92 Å². The smallest absolute Gasteiger partial charge is 0.330 e. The molecule has 1 rings (SSSR count). The third kappa shape index (κ3) is 2.33. The average Bonchev–Trinajstić information content (AvgIpc) is 2.48. The summed E-state index contributed by atoms with van der Waals surface area (Å²) < 4.78 is 5.41. The lowest BCUT2D eigenvalue weighted by Crippen LogP contribution is -2.30. The molecule has 0 saturated heterocycles. The molecule has 0 aliphatic heterocycles. The highest BCUT2D eigenvalue weighted by atomic mass is 16.6. The summed E-state index contributed by atoms with van der Waals surface area (Å²) in [6.07, 6.45) is 5.34. The minimum Gasteiger partial charge on any atom is -0.456 e. The van der Waals surface area contributed by atoms with Gasteiger partial charge in [-0.3, -0.25) is 0 Å². The van der Waals surface area contributed by atoms with Crippen LogP contribution < -0.4 is 0 Å². The van der Waals surface area contributed by atoms with Gasteiger partial charge in [0.05, 0.1) is 0 Å². The molecule has 0 aromatic carbocycles. The van der Waals surface area contributed by atoms with Crippen molar-refractivity contribution in [2.75, 3.05) is 0 Å². The molecule has 0 aromatic heterocycles. The molecule has 74 valence electrons. The maximum Gasteiger partial charge on any atom is 0.330 e. The molecule has 0 bridgehead atoms. The Kier molecular flexibility index (Phi) is 3.12. The van der Waals surface area contributed by atoms with Gasteiger partial charge in [0.2, 0.25) is 0 Å². The van der Waals surface area contributed by atoms with E-state index >= 15 is 0 Å². The molecule has 2 heteroatoms. The molecule has 0 heterocycles. The fraction of sp³-hybridized carbons (Fsp3) is 0.727. The van der Waals surface area contributed by atoms with E-state index in [9.17, 15) is 4.79 Å². The zero-order valence-electron chi connectivity index (χ0n) is 8.51. The van der Waals surface area contributed by atoms with Crippen LogP contribution in [0.4, 0.5) is 0 Å². The fourth-order valence-electron chi connectivity index (χ4n) is 2.09. The summed E-state index contributed by atoms with van der Waals surface area (Å²) in [6, 6.07) is 0. The maximum absolute atomic E-state index is 11.1. The molecule has 1 saturated carbocycles. The van der Waals surface area contributed by atoms with Crippen molar-refractivity contribution in [3.63, 3.8) is 0 Å². The zero-order valence-corrected chi connectivity index (χ0v) is 8.51. The van der Waals surface area contributed by atoms with Crippen molar-refractivity contribution in [3.05, 3.63) is 12.7 Å². The lowest BCUT2D eigenvalue weighted by molar-refractivity contribution is -0.153. The molecule has 2 nitrogen and oxygen atoms in total. The molecule has 0 aromatic rings. The number of carbonyl (C=O) groups is 1. The molecular weight excluding hydrogens is 164 g/mol. The second-order valence-electron chi connectivity index (χ2n) is 4.01. The minimum absolute atomic E-state index is 0.190. The van der Waals surface area contributed by atoms with Crippen LogP contribution in [0.1, 0.15) is 39.5 Å². The largest absolute Gasteiger partial charge is 0.456 e. The van der Waals surface area contributed by atoms with Crippen LogP contribution in [0.2, 0.25) is 0 Å². The predicted octanol–water partition coefficient (Wildman–Crippen LogP) is 2.68. The first-order chi connectivity index (χ1) is 6.12. The SMILES string of the molecule is C=CC(=O)OC1(CC)CCC(C)C1. The van der Waals surface area contributed by atoms with Crippen LogP contribution in [0.5, 0.6) is 0 Å². The van der Waals surface area contributed by atoms with Crippen LogP contribution in [0.25, 0.3) is 0 Å². The van der Waals surface area contributed by atoms with E-state index in [1.54, 1.807) is 0 Å². The number of ether oxygens (including phenoxy) is 1. The zero-order chi connectivity index (χ0) is 9.90. The van der Waals surface area contributed by atoms with Crippen LogP contribution >= 0.6 is 0 Å². The molecule has 1 aliphatic carbocycles. The molecule has 0 N–H and O–H groups in total. The second-order valence-corrected chi connectivity index (χ2v) is 4.01. The Hall–Kier alpha value is -0.790. The van der Waals surface area contributed by atoms with Crippen LogP contribution in [0.15, 0.2) is 12.7 Å². The third-order valence-electron chi connectivity index (χ3n) is 2.94. The summed E-state index contributed by atoms with van der Waals surface area (Å²) in [4.78, 5) is 11.1. The van der Waals surface area contributed by atoms with Crippen molar-refractivity contribution in [1.82, 2.24) is 0 Å². The summed E-state index contributed by atoms with van der Waals surface area (Å²) >= 11 is 0. The number of rotatable bonds is 3. The van der Waals surface area contributed by atoms with Crippen molar-refractivity contribution >= 4 is 5.97 Å². The molecule has 0 spiro atoms. The Morgan fingerprint density at radius 1 is 1.77 bits per heavy atom. The monoisotopic (exact) mass is 182 g/mol. The van der Waals surface area contributed by atoms with E-state index in [2.05, 4.69) is 20.4 Å². The minimum atomic E-state index is -0.282. The molecule has 13 heavy (non-hydrogen) atoms. The van der Waals surface area contributed by atoms with E-state index in [1.165, 1.54) is 6.08 Å². The van der Waals surface area contributed by atoms with E-state index in [1.807, 2.05) is 0 Å². The first-order valence-electron chi connectivity index (χ1n) is 4.97. The van der Waals surface area contributed by atoms with Crippen molar-refractivity contribution in [3.8, 4) is 0 Å². The van der Waals surface area contributed by atoms with Gasteiger partial charge in [-0.25, -0.2) is 4.79 Å². The summed E-state index contributed by atoms with van der Waals surface area (Å²) in [5.74, 6) is 0.397. The summed E-state index contributed by atoms with van der Waals surface area (Å²) in [5.41, 5.74) is -0.190. The number of carbonyl (C=O) groups excluding carboxylic acids is 1. The Morgan fingerprint density at radius 2 is 2.46 bits per heavy atom. The topological polar surface area (TPSA) is 26.3 Å². The second kappa shape index (κ2) is 3.95. The lowest BCUT2D eigenvalue weighted by atomic mass is 9.97. The summed E-state index contributed by atoms with van der Waals surface area (Å²) in [6.45, 7) is 7.70. The average molecular weight is 182 g/mol. The van der Waals surface area contributed by atoms with Gasteiger partial charge in [-0.2, -0.15) is 0 Å². The first kappa shape index (κ1) is 10.3. The molecule has 2 unspecified atom stereocenters. The standard InChI is InChI=1S/C11H18O2/c1-4-10(12)13-11(5-2)7-6-9(3)8-11/h4,9H,1,5-8H2,2-3H3. The fourth-order valence-corrected chi connectivity index (χ4v) is 2.09. The highest BCUT2D eigenvalue weighted by molar-refractivity contribution is 5.81. The molecular formula is C11H18O2. The van der Waals surface area contributed by atoms with Gasteiger partial charge in [-0.1, -0.05) is 20.4 Å². The third-order valence-corrected chi connectivity index (χ3v) is 2.94. The van der Waals surface area contributed by atoms with Gasteiger partial charge in [0, 0.05) is 6.08 Å². The van der Waals surface area contributed by atoms with Gasteiger partial charge in [-0.05, 0) is 31.6 Å². The van der Waals surface area contributed by atoms with Gasteiger partial charge < -0.3 is 4.74 Å². The normalized spacial score (nSPS) is 32.9. The van der Waals surface area contributed by atoms with Crippen LogP contribution in [-0.2, 0) is 9.53 Å². The van der Waals surface area contributed by atoms with Gasteiger partial charge in [0.15, 0.2) is 0 Å². The van der Waals surface area contributed by atoms with Gasteiger partial charge in [0.25, 0.3) is 0 Å². The van der Waals surface area contributed by atoms with Crippen molar-refractivity contribution < 1.29 is 9.53 Å². The van der Waals surface area contributed by atoms with Crippen molar-refractivity contribution in [2.24, 2.45) is 5.92 Å². The Bertz CT molecular complexity index is 210. The predicted molar refractivity (Wildman–Crippen MR) is 52.3 cm³/mol. The number of hydrogen-bond donors (Lipinski definition) is 0. The number of hydrogen-bond acceptors (Lipinski definition) is 2. The highest BCUT2D eigenvalue weighted by Gasteiger charge is 2.38. The highest BCUT2D eigenvalue weighted by Crippen LogP contribution is 2.39. The van der Waals surface area contributed by atoms with Crippen molar-refractivity contribution in [1.29, 1.82) is 0 Å². The van der Waals surface area contributed by atoms with Crippen molar-refractivity contribution in [2.45, 2.75) is 45.1 Å². The summed E-state index contributed by atoms with van der Waals surface area (Å²) in [7, 11) is 0. The molecule has 1 fully saturated rings. The Labute approximate surface area is 80.0 Å². The molecule has 1 aliphatic rings. The molecule has 2 atom stereocenters. The first-order valence-corrected chi connectivity index (χ1v) is 4.97. The Balaban J connectivity index is 2.60. The van der Waals surface area contributed by atoms with E-state index in [-0.39, 0.29) is 11.6 Å². The number of esters is 1. The molecule has 0 radical (unpaired) electrons.